The second-order valence-corrected chi connectivity index (χ2v) is 2.99. The predicted molar refractivity (Wildman–Crippen MR) is 52.4 cm³/mol. The Kier molecular flexibility index (Phi) is 7.74. The lowest BCUT2D eigenvalue weighted by Gasteiger charge is -2.18. The van der Waals surface area contributed by atoms with Gasteiger partial charge < -0.3 is 14.2 Å². The molecule has 0 aromatic rings. The van der Waals surface area contributed by atoms with Crippen molar-refractivity contribution in [2.45, 2.75) is 39.6 Å². The van der Waals surface area contributed by atoms with E-state index in [9.17, 15) is 0 Å². The number of rotatable bonds is 8. The minimum Gasteiger partial charge on any atom is -0.471 e. The van der Waals surface area contributed by atoms with Gasteiger partial charge in [0.1, 0.15) is 6.61 Å². The first-order valence-corrected chi connectivity index (χ1v) is 4.70. The van der Waals surface area contributed by atoms with Crippen LogP contribution in [0.25, 0.3) is 0 Å². The van der Waals surface area contributed by atoms with Gasteiger partial charge in [-0.25, -0.2) is 0 Å². The summed E-state index contributed by atoms with van der Waals surface area (Å²) >= 11 is 0. The van der Waals surface area contributed by atoms with Crippen LogP contribution < -0.4 is 0 Å². The van der Waals surface area contributed by atoms with Crippen molar-refractivity contribution in [3.8, 4) is 0 Å². The van der Waals surface area contributed by atoms with Gasteiger partial charge in [-0.05, 0) is 20.3 Å². The van der Waals surface area contributed by atoms with Gasteiger partial charge in [-0.1, -0.05) is 13.5 Å². The first-order chi connectivity index (χ1) is 6.20. The lowest BCUT2D eigenvalue weighted by atomic mass is 10.5. The largest absolute Gasteiger partial charge is 0.471 e. The fourth-order valence-corrected chi connectivity index (χ4v) is 0.754. The molecule has 0 aromatic carbocycles. The molecule has 0 amide bonds. The summed E-state index contributed by atoms with van der Waals surface area (Å²) in [5.41, 5.74) is 0. The molecule has 0 heterocycles. The van der Waals surface area contributed by atoms with Crippen molar-refractivity contribution in [2.24, 2.45) is 0 Å². The zero-order chi connectivity index (χ0) is 10.1. The summed E-state index contributed by atoms with van der Waals surface area (Å²) in [6.45, 7) is 10.6. The van der Waals surface area contributed by atoms with Gasteiger partial charge in [-0.15, -0.1) is 0 Å². The third kappa shape index (κ3) is 7.81. The van der Waals surface area contributed by atoms with Crippen molar-refractivity contribution in [3.63, 3.8) is 0 Å². The molecule has 3 heteroatoms. The fourth-order valence-electron chi connectivity index (χ4n) is 0.754. The minimum atomic E-state index is -0.320. The van der Waals surface area contributed by atoms with Crippen LogP contribution in [0.1, 0.15) is 27.2 Å². The topological polar surface area (TPSA) is 27.7 Å². The fraction of sp³-hybridized carbons (Fsp3) is 0.800. The van der Waals surface area contributed by atoms with Gasteiger partial charge >= 0.3 is 0 Å². The van der Waals surface area contributed by atoms with Crippen LogP contribution in [0.2, 0.25) is 0 Å². The quantitative estimate of drug-likeness (QED) is 0.432. The maximum absolute atomic E-state index is 5.36. The molecule has 0 bridgehead atoms. The highest BCUT2D eigenvalue weighted by Crippen LogP contribution is 2.00. The predicted octanol–water partition coefficient (Wildman–Crippen LogP) is 2.32. The molecular formula is C10H20O3. The molecule has 0 aliphatic heterocycles. The van der Waals surface area contributed by atoms with Crippen LogP contribution in [0.15, 0.2) is 12.8 Å². The Hall–Kier alpha value is -0.540. The van der Waals surface area contributed by atoms with Crippen molar-refractivity contribution in [3.05, 3.63) is 12.8 Å². The van der Waals surface area contributed by atoms with E-state index in [0.29, 0.717) is 13.2 Å². The normalized spacial score (nSPS) is 12.9. The van der Waals surface area contributed by atoms with Crippen molar-refractivity contribution < 1.29 is 14.2 Å². The van der Waals surface area contributed by atoms with Crippen molar-refractivity contribution in [2.75, 3.05) is 13.2 Å². The lowest BCUT2D eigenvalue weighted by Crippen LogP contribution is -2.23. The van der Waals surface area contributed by atoms with Crippen LogP contribution in [0.5, 0.6) is 0 Å². The molecule has 0 N–H and O–H groups in total. The van der Waals surface area contributed by atoms with Gasteiger partial charge in [0.15, 0.2) is 0 Å². The molecule has 0 rings (SSSR count). The van der Waals surface area contributed by atoms with E-state index in [-0.39, 0.29) is 12.4 Å². The minimum absolute atomic E-state index is 0.196. The molecule has 0 radical (unpaired) electrons. The van der Waals surface area contributed by atoms with E-state index in [4.69, 9.17) is 14.2 Å². The highest BCUT2D eigenvalue weighted by Gasteiger charge is 2.08. The summed E-state index contributed by atoms with van der Waals surface area (Å²) in [5.74, 6) is 0. The van der Waals surface area contributed by atoms with E-state index in [1.54, 1.807) is 0 Å². The SMILES string of the molecule is C=COC(COC(C)C)OCCC. The van der Waals surface area contributed by atoms with Gasteiger partial charge in [-0.3, -0.25) is 0 Å². The van der Waals surface area contributed by atoms with Gasteiger partial charge in [0.25, 0.3) is 0 Å². The molecule has 3 nitrogen and oxygen atoms in total. The summed E-state index contributed by atoms with van der Waals surface area (Å²) in [7, 11) is 0. The molecule has 0 saturated heterocycles. The van der Waals surface area contributed by atoms with E-state index >= 15 is 0 Å². The van der Waals surface area contributed by atoms with Crippen LogP contribution in [-0.2, 0) is 14.2 Å². The molecule has 78 valence electrons. The van der Waals surface area contributed by atoms with Crippen molar-refractivity contribution >= 4 is 0 Å². The third-order valence-electron chi connectivity index (χ3n) is 1.32. The van der Waals surface area contributed by atoms with Crippen LogP contribution in [-0.4, -0.2) is 25.6 Å². The summed E-state index contributed by atoms with van der Waals surface area (Å²) in [5, 5.41) is 0. The zero-order valence-electron chi connectivity index (χ0n) is 8.79. The summed E-state index contributed by atoms with van der Waals surface area (Å²) in [4.78, 5) is 0. The Morgan fingerprint density at radius 3 is 2.46 bits per heavy atom. The van der Waals surface area contributed by atoms with E-state index in [1.807, 2.05) is 20.8 Å². The average molecular weight is 188 g/mol. The van der Waals surface area contributed by atoms with Gasteiger partial charge in [0.05, 0.1) is 19.0 Å². The highest BCUT2D eigenvalue weighted by molar-refractivity contribution is 4.54. The van der Waals surface area contributed by atoms with Crippen LogP contribution >= 0.6 is 0 Å². The summed E-state index contributed by atoms with van der Waals surface area (Å²) in [6, 6.07) is 0. The molecule has 0 saturated carbocycles. The second-order valence-electron chi connectivity index (χ2n) is 2.99. The van der Waals surface area contributed by atoms with E-state index in [2.05, 4.69) is 6.58 Å². The molecule has 13 heavy (non-hydrogen) atoms. The molecular weight excluding hydrogens is 168 g/mol. The van der Waals surface area contributed by atoms with E-state index in [0.717, 1.165) is 6.42 Å². The molecule has 0 aliphatic carbocycles. The lowest BCUT2D eigenvalue weighted by molar-refractivity contribution is -0.150. The molecule has 1 unspecified atom stereocenters. The van der Waals surface area contributed by atoms with E-state index in [1.165, 1.54) is 6.26 Å². The Morgan fingerprint density at radius 2 is 2.00 bits per heavy atom. The Morgan fingerprint density at radius 1 is 1.31 bits per heavy atom. The molecule has 0 spiro atoms. The number of hydrogen-bond acceptors (Lipinski definition) is 3. The van der Waals surface area contributed by atoms with Crippen LogP contribution in [0.4, 0.5) is 0 Å². The molecule has 0 fully saturated rings. The highest BCUT2D eigenvalue weighted by atomic mass is 16.7. The average Bonchev–Trinajstić information content (AvgIpc) is 2.09. The Bertz CT molecular complexity index is 123. The second kappa shape index (κ2) is 8.08. The zero-order valence-corrected chi connectivity index (χ0v) is 8.79. The van der Waals surface area contributed by atoms with Crippen LogP contribution in [0.3, 0.4) is 0 Å². The molecule has 0 aliphatic rings. The molecule has 1 atom stereocenters. The van der Waals surface area contributed by atoms with Gasteiger partial charge in [0.2, 0.25) is 6.29 Å². The summed E-state index contributed by atoms with van der Waals surface area (Å²) < 4.78 is 15.8. The first kappa shape index (κ1) is 12.5. The standard InChI is InChI=1S/C10H20O3/c1-5-7-12-10(11-6-2)8-13-9(3)4/h6,9-10H,2,5,7-8H2,1,3-4H3. The Labute approximate surface area is 80.7 Å². The van der Waals surface area contributed by atoms with Crippen molar-refractivity contribution in [1.29, 1.82) is 0 Å². The number of hydrogen-bond donors (Lipinski definition) is 0. The number of ether oxygens (including phenoxy) is 3. The monoisotopic (exact) mass is 188 g/mol. The third-order valence-corrected chi connectivity index (χ3v) is 1.32. The van der Waals surface area contributed by atoms with Gasteiger partial charge in [0, 0.05) is 0 Å². The smallest absolute Gasteiger partial charge is 0.222 e. The van der Waals surface area contributed by atoms with E-state index < -0.39 is 0 Å². The summed E-state index contributed by atoms with van der Waals surface area (Å²) in [6.07, 6.45) is 2.23. The molecule has 0 aromatic heterocycles. The first-order valence-electron chi connectivity index (χ1n) is 4.70. The maximum Gasteiger partial charge on any atom is 0.222 e. The Balaban J connectivity index is 3.59. The maximum atomic E-state index is 5.36. The van der Waals surface area contributed by atoms with Crippen LogP contribution in [0, 0.1) is 0 Å². The van der Waals surface area contributed by atoms with Gasteiger partial charge in [-0.2, -0.15) is 0 Å². The van der Waals surface area contributed by atoms with Crippen molar-refractivity contribution in [1.82, 2.24) is 0 Å².